The SMILES string of the molecule is Cc1ccc(C(=O)Nc2c(C)cccc2C)c(F)c1. The Labute approximate surface area is 112 Å². The molecule has 0 spiro atoms. The molecule has 0 bridgehead atoms. The van der Waals surface area contributed by atoms with Crippen molar-refractivity contribution in [1.29, 1.82) is 0 Å². The van der Waals surface area contributed by atoms with Crippen molar-refractivity contribution in [1.82, 2.24) is 0 Å². The van der Waals surface area contributed by atoms with Crippen LogP contribution in [0.3, 0.4) is 0 Å². The van der Waals surface area contributed by atoms with Gasteiger partial charge in [0.15, 0.2) is 0 Å². The number of hydrogen-bond donors (Lipinski definition) is 1. The molecule has 2 aromatic rings. The number of hydrogen-bond acceptors (Lipinski definition) is 1. The lowest BCUT2D eigenvalue weighted by molar-refractivity contribution is 0.102. The van der Waals surface area contributed by atoms with Gasteiger partial charge in [0.1, 0.15) is 5.82 Å². The molecule has 0 atom stereocenters. The van der Waals surface area contributed by atoms with Gasteiger partial charge < -0.3 is 5.32 Å². The van der Waals surface area contributed by atoms with E-state index in [1.807, 2.05) is 32.0 Å². The average Bonchev–Trinajstić information content (AvgIpc) is 2.33. The molecule has 0 radical (unpaired) electrons. The van der Waals surface area contributed by atoms with Gasteiger partial charge in [-0.3, -0.25) is 4.79 Å². The minimum atomic E-state index is -0.497. The maximum absolute atomic E-state index is 13.7. The number of rotatable bonds is 2. The maximum atomic E-state index is 13.7. The highest BCUT2D eigenvalue weighted by Gasteiger charge is 2.13. The predicted molar refractivity (Wildman–Crippen MR) is 75.0 cm³/mol. The Hall–Kier alpha value is -2.16. The van der Waals surface area contributed by atoms with Gasteiger partial charge in [0.25, 0.3) is 5.91 Å². The molecule has 0 heterocycles. The zero-order chi connectivity index (χ0) is 14.0. The van der Waals surface area contributed by atoms with E-state index < -0.39 is 11.7 Å². The second-order valence-corrected chi connectivity index (χ2v) is 4.70. The van der Waals surface area contributed by atoms with Crippen LogP contribution in [0.1, 0.15) is 27.0 Å². The number of nitrogens with one attached hydrogen (secondary N) is 1. The molecule has 3 heteroatoms. The minimum Gasteiger partial charge on any atom is -0.321 e. The van der Waals surface area contributed by atoms with Crippen LogP contribution in [0.2, 0.25) is 0 Å². The van der Waals surface area contributed by atoms with Crippen LogP contribution < -0.4 is 5.32 Å². The van der Waals surface area contributed by atoms with E-state index in [0.717, 1.165) is 22.4 Å². The summed E-state index contributed by atoms with van der Waals surface area (Å²) in [4.78, 5) is 12.1. The maximum Gasteiger partial charge on any atom is 0.258 e. The summed E-state index contributed by atoms with van der Waals surface area (Å²) in [5.74, 6) is -0.918. The summed E-state index contributed by atoms with van der Waals surface area (Å²) in [6.45, 7) is 5.61. The van der Waals surface area contributed by atoms with Crippen molar-refractivity contribution >= 4 is 11.6 Å². The van der Waals surface area contributed by atoms with Crippen LogP contribution in [0.15, 0.2) is 36.4 Å². The third kappa shape index (κ3) is 2.81. The van der Waals surface area contributed by atoms with Crippen molar-refractivity contribution in [2.24, 2.45) is 0 Å². The number of aryl methyl sites for hydroxylation is 3. The minimum absolute atomic E-state index is 0.0632. The molecule has 0 aliphatic carbocycles. The first-order chi connectivity index (χ1) is 8.99. The molecule has 0 saturated heterocycles. The van der Waals surface area contributed by atoms with Crippen LogP contribution in [0, 0.1) is 26.6 Å². The van der Waals surface area contributed by atoms with Crippen LogP contribution in [0.5, 0.6) is 0 Å². The van der Waals surface area contributed by atoms with Crippen molar-refractivity contribution in [3.05, 3.63) is 64.5 Å². The molecule has 19 heavy (non-hydrogen) atoms. The van der Waals surface area contributed by atoms with Crippen LogP contribution in [-0.2, 0) is 0 Å². The summed E-state index contributed by atoms with van der Waals surface area (Å²) in [6.07, 6.45) is 0. The number of amides is 1. The summed E-state index contributed by atoms with van der Waals surface area (Å²) in [6, 6.07) is 10.3. The number of carbonyl (C=O) groups is 1. The van der Waals surface area contributed by atoms with E-state index in [1.54, 1.807) is 13.0 Å². The number of para-hydroxylation sites is 1. The Bertz CT molecular complexity index is 614. The fourth-order valence-electron chi connectivity index (χ4n) is 2.00. The highest BCUT2D eigenvalue weighted by atomic mass is 19.1. The smallest absolute Gasteiger partial charge is 0.258 e. The zero-order valence-corrected chi connectivity index (χ0v) is 11.3. The highest BCUT2D eigenvalue weighted by molar-refractivity contribution is 6.05. The van der Waals surface area contributed by atoms with E-state index in [4.69, 9.17) is 0 Å². The average molecular weight is 257 g/mol. The number of benzene rings is 2. The fraction of sp³-hybridized carbons (Fsp3) is 0.188. The van der Waals surface area contributed by atoms with E-state index in [2.05, 4.69) is 5.32 Å². The summed E-state index contributed by atoms with van der Waals surface area (Å²) < 4.78 is 13.7. The van der Waals surface area contributed by atoms with Gasteiger partial charge in [0.2, 0.25) is 0 Å². The topological polar surface area (TPSA) is 29.1 Å². The van der Waals surface area contributed by atoms with E-state index in [1.165, 1.54) is 12.1 Å². The monoisotopic (exact) mass is 257 g/mol. The second-order valence-electron chi connectivity index (χ2n) is 4.70. The Morgan fingerprint density at radius 1 is 1.05 bits per heavy atom. The first-order valence-electron chi connectivity index (χ1n) is 6.13. The summed E-state index contributed by atoms with van der Waals surface area (Å²) in [5.41, 5.74) is 3.52. The molecule has 2 rings (SSSR count). The lowest BCUT2D eigenvalue weighted by atomic mass is 10.1. The molecule has 0 aliphatic rings. The van der Waals surface area contributed by atoms with Gasteiger partial charge in [0, 0.05) is 5.69 Å². The zero-order valence-electron chi connectivity index (χ0n) is 11.3. The predicted octanol–water partition coefficient (Wildman–Crippen LogP) is 4.00. The second kappa shape index (κ2) is 5.22. The standard InChI is InChI=1S/C16H16FNO/c1-10-7-8-13(14(17)9-10)16(19)18-15-11(2)5-4-6-12(15)3/h4-9H,1-3H3,(H,18,19). The van der Waals surface area contributed by atoms with Crippen molar-refractivity contribution in [3.63, 3.8) is 0 Å². The molecule has 0 saturated carbocycles. The first-order valence-corrected chi connectivity index (χ1v) is 6.13. The molecule has 1 amide bonds. The molecule has 0 aliphatic heterocycles. The van der Waals surface area contributed by atoms with Gasteiger partial charge in [-0.05, 0) is 49.6 Å². The summed E-state index contributed by atoms with van der Waals surface area (Å²) in [7, 11) is 0. The summed E-state index contributed by atoms with van der Waals surface area (Å²) >= 11 is 0. The molecular formula is C16H16FNO. The lowest BCUT2D eigenvalue weighted by Crippen LogP contribution is -2.15. The molecule has 0 unspecified atom stereocenters. The van der Waals surface area contributed by atoms with E-state index in [-0.39, 0.29) is 5.56 Å². The Kier molecular flexibility index (Phi) is 3.65. The van der Waals surface area contributed by atoms with E-state index in [9.17, 15) is 9.18 Å². The third-order valence-corrected chi connectivity index (χ3v) is 3.09. The van der Waals surface area contributed by atoms with Gasteiger partial charge in [-0.15, -0.1) is 0 Å². The summed E-state index contributed by atoms with van der Waals surface area (Å²) in [5, 5.41) is 2.78. The van der Waals surface area contributed by atoms with Crippen LogP contribution >= 0.6 is 0 Å². The van der Waals surface area contributed by atoms with Gasteiger partial charge in [-0.1, -0.05) is 24.3 Å². The van der Waals surface area contributed by atoms with Crippen LogP contribution in [0.4, 0.5) is 10.1 Å². The normalized spacial score (nSPS) is 10.3. The molecule has 1 N–H and O–H groups in total. The van der Waals surface area contributed by atoms with Crippen molar-refractivity contribution in [3.8, 4) is 0 Å². The number of carbonyl (C=O) groups excluding carboxylic acids is 1. The Balaban J connectivity index is 2.31. The largest absolute Gasteiger partial charge is 0.321 e. The Morgan fingerprint density at radius 3 is 2.26 bits per heavy atom. The van der Waals surface area contributed by atoms with E-state index in [0.29, 0.717) is 0 Å². The third-order valence-electron chi connectivity index (χ3n) is 3.09. The van der Waals surface area contributed by atoms with Gasteiger partial charge >= 0.3 is 0 Å². The lowest BCUT2D eigenvalue weighted by Gasteiger charge is -2.12. The first kappa shape index (κ1) is 13.3. The molecule has 98 valence electrons. The van der Waals surface area contributed by atoms with Crippen molar-refractivity contribution < 1.29 is 9.18 Å². The number of anilines is 1. The van der Waals surface area contributed by atoms with Crippen molar-refractivity contribution in [2.75, 3.05) is 5.32 Å². The van der Waals surface area contributed by atoms with Gasteiger partial charge in [-0.2, -0.15) is 0 Å². The van der Waals surface area contributed by atoms with E-state index >= 15 is 0 Å². The molecule has 2 aromatic carbocycles. The quantitative estimate of drug-likeness (QED) is 0.865. The van der Waals surface area contributed by atoms with Crippen LogP contribution in [-0.4, -0.2) is 5.91 Å². The fourth-order valence-corrected chi connectivity index (χ4v) is 2.00. The van der Waals surface area contributed by atoms with Gasteiger partial charge in [-0.25, -0.2) is 4.39 Å². The van der Waals surface area contributed by atoms with Crippen LogP contribution in [0.25, 0.3) is 0 Å². The molecular weight excluding hydrogens is 241 g/mol. The highest BCUT2D eigenvalue weighted by Crippen LogP contribution is 2.21. The number of halogens is 1. The van der Waals surface area contributed by atoms with Gasteiger partial charge in [0.05, 0.1) is 5.56 Å². The molecule has 2 nitrogen and oxygen atoms in total. The van der Waals surface area contributed by atoms with Crippen molar-refractivity contribution in [2.45, 2.75) is 20.8 Å². The molecule has 0 aromatic heterocycles. The molecule has 0 fully saturated rings. The Morgan fingerprint density at radius 2 is 1.68 bits per heavy atom.